The zero-order valence-electron chi connectivity index (χ0n) is 9.47. The van der Waals surface area contributed by atoms with Crippen LogP contribution in [0.4, 0.5) is 0 Å². The van der Waals surface area contributed by atoms with E-state index in [9.17, 15) is 4.79 Å². The minimum absolute atomic E-state index is 0.152. The number of benzene rings is 1. The Morgan fingerprint density at radius 1 is 1.22 bits per heavy atom. The quantitative estimate of drug-likeness (QED) is 0.861. The lowest BCUT2D eigenvalue weighted by atomic mass is 10.2. The van der Waals surface area contributed by atoms with Gasteiger partial charge in [-0.15, -0.1) is 0 Å². The molecule has 4 nitrogen and oxygen atoms in total. The average molecular weight is 263 g/mol. The summed E-state index contributed by atoms with van der Waals surface area (Å²) in [6.45, 7) is 0.300. The topological polar surface area (TPSA) is 65.2 Å². The number of halogens is 1. The van der Waals surface area contributed by atoms with Crippen LogP contribution in [-0.4, -0.2) is 10.9 Å². The van der Waals surface area contributed by atoms with Crippen LogP contribution < -0.4 is 10.5 Å². The van der Waals surface area contributed by atoms with Gasteiger partial charge < -0.3 is 10.5 Å². The molecule has 0 atom stereocenters. The molecule has 1 aromatic carbocycles. The summed E-state index contributed by atoms with van der Waals surface area (Å²) < 4.78 is 5.47. The van der Waals surface area contributed by atoms with Gasteiger partial charge in [-0.2, -0.15) is 0 Å². The molecule has 2 N–H and O–H groups in total. The number of carbonyl (C=O) groups excluding carboxylic acids is 1. The normalized spacial score (nSPS) is 10.1. The first-order chi connectivity index (χ1) is 8.66. The lowest BCUT2D eigenvalue weighted by Crippen LogP contribution is -2.14. The van der Waals surface area contributed by atoms with Crippen LogP contribution in [0.5, 0.6) is 5.88 Å². The Bertz CT molecular complexity index is 558. The van der Waals surface area contributed by atoms with Crippen LogP contribution in [0, 0.1) is 0 Å². The Hall–Kier alpha value is -2.07. The molecule has 5 heteroatoms. The van der Waals surface area contributed by atoms with Crippen molar-refractivity contribution in [2.45, 2.75) is 6.61 Å². The molecule has 0 aliphatic carbocycles. The lowest BCUT2D eigenvalue weighted by Gasteiger charge is -2.08. The summed E-state index contributed by atoms with van der Waals surface area (Å²) in [5, 5.41) is 0.253. The predicted octanol–water partition coefficient (Wildman–Crippen LogP) is 2.41. The molecule has 92 valence electrons. The largest absolute Gasteiger partial charge is 0.472 e. The molecule has 0 saturated heterocycles. The van der Waals surface area contributed by atoms with Gasteiger partial charge in [-0.05, 0) is 17.7 Å². The van der Waals surface area contributed by atoms with E-state index in [-0.39, 0.29) is 16.6 Å². The summed E-state index contributed by atoms with van der Waals surface area (Å²) in [7, 11) is 0. The van der Waals surface area contributed by atoms with E-state index in [1.165, 1.54) is 12.1 Å². The minimum atomic E-state index is -0.595. The first-order valence-electron chi connectivity index (χ1n) is 5.30. The van der Waals surface area contributed by atoms with Crippen LogP contribution in [0.2, 0.25) is 5.15 Å². The maximum atomic E-state index is 11.2. The Morgan fingerprint density at radius 3 is 2.61 bits per heavy atom. The number of amides is 1. The van der Waals surface area contributed by atoms with E-state index in [4.69, 9.17) is 22.1 Å². The molecule has 1 amide bonds. The van der Waals surface area contributed by atoms with Crippen LogP contribution in [0.3, 0.4) is 0 Å². The molecule has 0 spiro atoms. The maximum Gasteiger partial charge on any atom is 0.254 e. The van der Waals surface area contributed by atoms with Crippen molar-refractivity contribution in [1.82, 2.24) is 4.98 Å². The Balaban J connectivity index is 2.18. The molecule has 0 unspecified atom stereocenters. The van der Waals surface area contributed by atoms with Crippen molar-refractivity contribution in [2.24, 2.45) is 5.73 Å². The number of ether oxygens (including phenoxy) is 1. The number of hydrogen-bond donors (Lipinski definition) is 1. The van der Waals surface area contributed by atoms with Gasteiger partial charge in [0.15, 0.2) is 0 Å². The molecule has 1 heterocycles. The number of aromatic nitrogens is 1. The summed E-state index contributed by atoms with van der Waals surface area (Å²) in [6, 6.07) is 12.5. The fourth-order valence-corrected chi connectivity index (χ4v) is 1.58. The van der Waals surface area contributed by atoms with Gasteiger partial charge in [-0.1, -0.05) is 41.9 Å². The number of primary amides is 1. The van der Waals surface area contributed by atoms with Gasteiger partial charge in [0.25, 0.3) is 5.91 Å². The standard InChI is InChI=1S/C13H11ClN2O2/c14-11-7-6-10(12(15)17)13(16-11)18-8-9-4-2-1-3-5-9/h1-7H,8H2,(H2,15,17). The molecule has 2 aromatic rings. The number of carbonyl (C=O) groups is 1. The lowest BCUT2D eigenvalue weighted by molar-refractivity contribution is 0.0995. The molecular formula is C13H11ClN2O2. The smallest absolute Gasteiger partial charge is 0.254 e. The van der Waals surface area contributed by atoms with Crippen molar-refractivity contribution in [2.75, 3.05) is 0 Å². The van der Waals surface area contributed by atoms with Gasteiger partial charge >= 0.3 is 0 Å². The Labute approximate surface area is 109 Å². The minimum Gasteiger partial charge on any atom is -0.472 e. The second-order valence-electron chi connectivity index (χ2n) is 3.63. The van der Waals surface area contributed by atoms with Gasteiger partial charge in [0, 0.05) is 0 Å². The van der Waals surface area contributed by atoms with E-state index >= 15 is 0 Å². The summed E-state index contributed by atoms with van der Waals surface area (Å²) >= 11 is 5.76. The molecule has 0 radical (unpaired) electrons. The van der Waals surface area contributed by atoms with Crippen LogP contribution in [0.25, 0.3) is 0 Å². The number of rotatable bonds is 4. The zero-order chi connectivity index (χ0) is 13.0. The molecule has 18 heavy (non-hydrogen) atoms. The first kappa shape index (κ1) is 12.4. The predicted molar refractivity (Wildman–Crippen MR) is 68.5 cm³/mol. The highest BCUT2D eigenvalue weighted by Crippen LogP contribution is 2.19. The van der Waals surface area contributed by atoms with E-state index in [0.717, 1.165) is 5.56 Å². The van der Waals surface area contributed by atoms with E-state index < -0.39 is 5.91 Å². The summed E-state index contributed by atoms with van der Waals surface area (Å²) in [5.74, 6) is -0.443. The van der Waals surface area contributed by atoms with Crippen LogP contribution in [0.15, 0.2) is 42.5 Å². The van der Waals surface area contributed by atoms with E-state index in [0.29, 0.717) is 6.61 Å². The monoisotopic (exact) mass is 262 g/mol. The van der Waals surface area contributed by atoms with Crippen LogP contribution in [-0.2, 0) is 6.61 Å². The van der Waals surface area contributed by atoms with Crippen molar-refractivity contribution < 1.29 is 9.53 Å². The fourth-order valence-electron chi connectivity index (χ4n) is 1.44. The second kappa shape index (κ2) is 5.51. The SMILES string of the molecule is NC(=O)c1ccc(Cl)nc1OCc1ccccc1. The van der Waals surface area contributed by atoms with Gasteiger partial charge in [0.05, 0.1) is 0 Å². The highest BCUT2D eigenvalue weighted by atomic mass is 35.5. The third kappa shape index (κ3) is 2.99. The average Bonchev–Trinajstić information content (AvgIpc) is 2.37. The van der Waals surface area contributed by atoms with Gasteiger partial charge in [-0.25, -0.2) is 4.98 Å². The summed E-state index contributed by atoms with van der Waals surface area (Å²) in [6.07, 6.45) is 0. The molecular weight excluding hydrogens is 252 g/mol. The maximum absolute atomic E-state index is 11.2. The second-order valence-corrected chi connectivity index (χ2v) is 4.01. The van der Waals surface area contributed by atoms with Crippen molar-refractivity contribution in [3.63, 3.8) is 0 Å². The van der Waals surface area contributed by atoms with Gasteiger partial charge in [0.1, 0.15) is 17.3 Å². The zero-order valence-corrected chi connectivity index (χ0v) is 10.2. The fraction of sp³-hybridized carbons (Fsp3) is 0.0769. The molecule has 2 rings (SSSR count). The highest BCUT2D eigenvalue weighted by Gasteiger charge is 2.11. The highest BCUT2D eigenvalue weighted by molar-refractivity contribution is 6.29. The first-order valence-corrected chi connectivity index (χ1v) is 5.67. The van der Waals surface area contributed by atoms with Crippen molar-refractivity contribution in [1.29, 1.82) is 0 Å². The summed E-state index contributed by atoms with van der Waals surface area (Å²) in [5.41, 5.74) is 6.42. The third-order valence-electron chi connectivity index (χ3n) is 2.31. The van der Waals surface area contributed by atoms with Crippen molar-refractivity contribution in [3.8, 4) is 5.88 Å². The van der Waals surface area contributed by atoms with Crippen molar-refractivity contribution in [3.05, 3.63) is 58.7 Å². The summed E-state index contributed by atoms with van der Waals surface area (Å²) in [4.78, 5) is 15.2. The van der Waals surface area contributed by atoms with Gasteiger partial charge in [0.2, 0.25) is 5.88 Å². The third-order valence-corrected chi connectivity index (χ3v) is 2.52. The van der Waals surface area contributed by atoms with Gasteiger partial charge in [-0.3, -0.25) is 4.79 Å². The molecule has 0 aliphatic rings. The van der Waals surface area contributed by atoms with E-state index in [2.05, 4.69) is 4.98 Å². The molecule has 0 bridgehead atoms. The Morgan fingerprint density at radius 2 is 1.94 bits per heavy atom. The number of pyridine rings is 1. The molecule has 0 aliphatic heterocycles. The molecule has 1 aromatic heterocycles. The molecule has 0 saturated carbocycles. The number of nitrogens with two attached hydrogens (primary N) is 1. The van der Waals surface area contributed by atoms with Crippen LogP contribution in [0.1, 0.15) is 15.9 Å². The van der Waals surface area contributed by atoms with E-state index in [1.807, 2.05) is 30.3 Å². The molecule has 0 fully saturated rings. The van der Waals surface area contributed by atoms with Crippen LogP contribution >= 0.6 is 11.6 Å². The van der Waals surface area contributed by atoms with Crippen molar-refractivity contribution >= 4 is 17.5 Å². The number of hydrogen-bond acceptors (Lipinski definition) is 3. The number of nitrogens with zero attached hydrogens (tertiary/aromatic N) is 1. The van der Waals surface area contributed by atoms with E-state index in [1.54, 1.807) is 0 Å². The Kier molecular flexibility index (Phi) is 3.79.